The number of hydrogen-bond donors (Lipinski definition) is 0. The van der Waals surface area contributed by atoms with Gasteiger partial charge in [0.2, 0.25) is 0 Å². The molecule has 0 unspecified atom stereocenters. The fraction of sp³-hybridized carbons (Fsp3) is 0.333. The second-order valence-corrected chi connectivity index (χ2v) is 9.55. The van der Waals surface area contributed by atoms with Gasteiger partial charge in [0.1, 0.15) is 6.54 Å². The molecular weight excluding hydrogens is 451 g/mol. The SMILES string of the molecule is O=C(CN(C(=O)c1ccc(Cl)cc1)N1C(=O)[C@H]2[C@H]3CC[C@@H](C3)[C@@H]2C1=O)c1ccc(Cl)cc1. The average Bonchev–Trinajstić information content (AvgIpc) is 3.47. The molecule has 1 aliphatic heterocycles. The van der Waals surface area contributed by atoms with Crippen LogP contribution in [0.5, 0.6) is 0 Å². The van der Waals surface area contributed by atoms with E-state index in [-0.39, 0.29) is 29.2 Å². The van der Waals surface area contributed by atoms with E-state index in [0.717, 1.165) is 29.3 Å². The molecule has 2 aromatic rings. The summed E-state index contributed by atoms with van der Waals surface area (Å²) in [6.45, 7) is -0.435. The quantitative estimate of drug-likeness (QED) is 0.483. The van der Waals surface area contributed by atoms with Gasteiger partial charge >= 0.3 is 0 Å². The Hall–Kier alpha value is -2.70. The van der Waals surface area contributed by atoms with Crippen LogP contribution in [0.1, 0.15) is 40.0 Å². The first-order valence-electron chi connectivity index (χ1n) is 10.6. The zero-order valence-electron chi connectivity index (χ0n) is 17.0. The maximum Gasteiger partial charge on any atom is 0.273 e. The molecule has 3 fully saturated rings. The van der Waals surface area contributed by atoms with Gasteiger partial charge in [-0.15, -0.1) is 0 Å². The molecule has 6 nitrogen and oxygen atoms in total. The Kier molecular flexibility index (Phi) is 5.30. The maximum atomic E-state index is 13.4. The van der Waals surface area contributed by atoms with Crippen molar-refractivity contribution in [3.63, 3.8) is 0 Å². The maximum absolute atomic E-state index is 13.4. The van der Waals surface area contributed by atoms with Gasteiger partial charge in [-0.05, 0) is 79.6 Å². The van der Waals surface area contributed by atoms with Crippen LogP contribution in [0.3, 0.4) is 0 Å². The minimum absolute atomic E-state index is 0.172. The second kappa shape index (κ2) is 8.01. The molecule has 3 aliphatic rings. The van der Waals surface area contributed by atoms with Crippen LogP contribution in [0.2, 0.25) is 10.0 Å². The summed E-state index contributed by atoms with van der Waals surface area (Å²) in [5, 5.41) is 2.86. The third kappa shape index (κ3) is 3.42. The third-order valence-electron chi connectivity index (χ3n) is 6.93. The zero-order chi connectivity index (χ0) is 22.6. The van der Waals surface area contributed by atoms with Crippen molar-refractivity contribution in [3.05, 3.63) is 69.7 Å². The van der Waals surface area contributed by atoms with E-state index in [1.165, 1.54) is 12.1 Å². The van der Waals surface area contributed by atoms with Crippen molar-refractivity contribution < 1.29 is 19.2 Å². The van der Waals surface area contributed by atoms with Crippen LogP contribution in [0, 0.1) is 23.7 Å². The number of ketones is 1. The Balaban J connectivity index is 1.49. The highest BCUT2D eigenvalue weighted by atomic mass is 35.5. The van der Waals surface area contributed by atoms with Crippen LogP contribution in [0.4, 0.5) is 0 Å². The first-order chi connectivity index (χ1) is 15.3. The summed E-state index contributed by atoms with van der Waals surface area (Å²) in [4.78, 5) is 53.1. The number of carbonyl (C=O) groups excluding carboxylic acids is 4. The summed E-state index contributed by atoms with van der Waals surface area (Å²) in [5.74, 6) is -2.20. The Morgan fingerprint density at radius 1 is 0.812 bits per heavy atom. The lowest BCUT2D eigenvalue weighted by Gasteiger charge is -2.30. The molecule has 4 atom stereocenters. The summed E-state index contributed by atoms with van der Waals surface area (Å²) < 4.78 is 0. The molecule has 0 N–H and O–H groups in total. The average molecular weight is 471 g/mol. The van der Waals surface area contributed by atoms with E-state index in [1.807, 2.05) is 0 Å². The Labute approximate surface area is 195 Å². The molecule has 1 heterocycles. The predicted molar refractivity (Wildman–Crippen MR) is 118 cm³/mol. The molecule has 1 saturated heterocycles. The second-order valence-electron chi connectivity index (χ2n) is 8.67. The van der Waals surface area contributed by atoms with Crippen LogP contribution in [-0.2, 0) is 9.59 Å². The summed E-state index contributed by atoms with van der Waals surface area (Å²) in [6.07, 6.45) is 2.73. The molecule has 0 radical (unpaired) electrons. The van der Waals surface area contributed by atoms with Gasteiger partial charge in [0, 0.05) is 21.2 Å². The first-order valence-corrected chi connectivity index (χ1v) is 11.3. The lowest BCUT2D eigenvalue weighted by Crippen LogP contribution is -2.52. The molecule has 8 heteroatoms. The fourth-order valence-electron chi connectivity index (χ4n) is 5.47. The number of fused-ring (bicyclic) bond motifs is 5. The lowest BCUT2D eigenvalue weighted by atomic mass is 9.81. The normalized spacial score (nSPS) is 25.9. The number of rotatable bonds is 5. The number of Topliss-reactive ketones (excluding diaryl/α,β-unsaturated/α-hetero) is 1. The number of amides is 3. The van der Waals surface area contributed by atoms with Crippen molar-refractivity contribution in [2.24, 2.45) is 23.7 Å². The third-order valence-corrected chi connectivity index (χ3v) is 7.43. The highest BCUT2D eigenvalue weighted by Crippen LogP contribution is 2.56. The fourth-order valence-corrected chi connectivity index (χ4v) is 5.72. The molecule has 0 aromatic heterocycles. The van der Waals surface area contributed by atoms with E-state index in [4.69, 9.17) is 23.2 Å². The molecule has 2 aliphatic carbocycles. The van der Waals surface area contributed by atoms with Crippen LogP contribution in [0.25, 0.3) is 0 Å². The summed E-state index contributed by atoms with van der Waals surface area (Å²) >= 11 is 11.9. The van der Waals surface area contributed by atoms with Crippen LogP contribution in [-0.4, -0.2) is 40.1 Å². The number of hydrogen-bond acceptors (Lipinski definition) is 4. The number of benzene rings is 2. The predicted octanol–water partition coefficient (Wildman–Crippen LogP) is 4.26. The molecular formula is C24H20Cl2N2O4. The monoisotopic (exact) mass is 470 g/mol. The van der Waals surface area contributed by atoms with Gasteiger partial charge in [0.05, 0.1) is 11.8 Å². The highest BCUT2D eigenvalue weighted by Gasteiger charge is 2.62. The van der Waals surface area contributed by atoms with Crippen molar-refractivity contribution >= 4 is 46.7 Å². The number of halogens is 2. The summed E-state index contributed by atoms with van der Waals surface area (Å²) in [5.41, 5.74) is 0.571. The van der Waals surface area contributed by atoms with E-state index >= 15 is 0 Å². The van der Waals surface area contributed by atoms with Gasteiger partial charge in [0.15, 0.2) is 5.78 Å². The van der Waals surface area contributed by atoms with Crippen molar-refractivity contribution in [3.8, 4) is 0 Å². The standard InChI is InChI=1S/C24H20Cl2N2O4/c25-17-7-3-13(4-8-17)19(29)12-27(22(30)14-5-9-18(26)10-6-14)28-23(31)20-15-1-2-16(11-15)21(20)24(28)32/h3-10,15-16,20-21H,1-2,11-12H2/t15-,16-,20-,21-/m0/s1. The van der Waals surface area contributed by atoms with Gasteiger partial charge in [-0.2, -0.15) is 5.01 Å². The first kappa shape index (κ1) is 21.2. The number of nitrogens with zero attached hydrogens (tertiary/aromatic N) is 2. The van der Waals surface area contributed by atoms with Gasteiger partial charge in [0.25, 0.3) is 17.7 Å². The molecule has 32 heavy (non-hydrogen) atoms. The van der Waals surface area contributed by atoms with E-state index in [0.29, 0.717) is 15.6 Å². The van der Waals surface area contributed by atoms with Crippen molar-refractivity contribution in [1.29, 1.82) is 0 Å². The minimum atomic E-state index is -0.599. The number of imide groups is 1. The van der Waals surface area contributed by atoms with Gasteiger partial charge in [-0.3, -0.25) is 19.2 Å². The molecule has 2 saturated carbocycles. The smallest absolute Gasteiger partial charge is 0.273 e. The Bertz CT molecular complexity index is 1090. The van der Waals surface area contributed by atoms with E-state index in [9.17, 15) is 19.2 Å². The van der Waals surface area contributed by atoms with Crippen LogP contribution in [0.15, 0.2) is 48.5 Å². The van der Waals surface area contributed by atoms with Crippen LogP contribution >= 0.6 is 23.2 Å². The Morgan fingerprint density at radius 2 is 1.28 bits per heavy atom. The van der Waals surface area contributed by atoms with E-state index in [1.54, 1.807) is 36.4 Å². The van der Waals surface area contributed by atoms with Gasteiger partial charge in [-0.1, -0.05) is 23.2 Å². The number of hydrazine groups is 1. The van der Waals surface area contributed by atoms with Crippen molar-refractivity contribution in [1.82, 2.24) is 10.0 Å². The molecule has 2 bridgehead atoms. The summed E-state index contributed by atoms with van der Waals surface area (Å²) in [7, 11) is 0. The van der Waals surface area contributed by atoms with Gasteiger partial charge in [-0.25, -0.2) is 5.01 Å². The zero-order valence-corrected chi connectivity index (χ0v) is 18.6. The number of carbonyl (C=O) groups is 4. The van der Waals surface area contributed by atoms with Crippen molar-refractivity contribution in [2.75, 3.05) is 6.54 Å². The van der Waals surface area contributed by atoms with Crippen LogP contribution < -0.4 is 0 Å². The highest BCUT2D eigenvalue weighted by molar-refractivity contribution is 6.31. The molecule has 164 valence electrons. The largest absolute Gasteiger partial charge is 0.292 e. The molecule has 5 rings (SSSR count). The Morgan fingerprint density at radius 3 is 1.78 bits per heavy atom. The minimum Gasteiger partial charge on any atom is -0.292 e. The lowest BCUT2D eigenvalue weighted by molar-refractivity contribution is -0.154. The van der Waals surface area contributed by atoms with E-state index in [2.05, 4.69) is 0 Å². The molecule has 3 amide bonds. The molecule has 0 spiro atoms. The van der Waals surface area contributed by atoms with Crippen molar-refractivity contribution in [2.45, 2.75) is 19.3 Å². The topological polar surface area (TPSA) is 74.8 Å². The molecule has 2 aromatic carbocycles. The summed E-state index contributed by atoms with van der Waals surface area (Å²) in [6, 6.07) is 12.4. The van der Waals surface area contributed by atoms with Gasteiger partial charge < -0.3 is 0 Å². The van der Waals surface area contributed by atoms with E-state index < -0.39 is 30.1 Å².